The van der Waals surface area contributed by atoms with Gasteiger partial charge in [0.2, 0.25) is 5.88 Å². The third-order valence-corrected chi connectivity index (χ3v) is 6.48. The van der Waals surface area contributed by atoms with Crippen LogP contribution in [-0.2, 0) is 15.6 Å². The minimum absolute atomic E-state index is 0.0166. The molecule has 0 atom stereocenters. The molecule has 0 aliphatic rings. The van der Waals surface area contributed by atoms with E-state index >= 15 is 8.78 Å². The molecule has 3 heterocycles. The Hall–Kier alpha value is -4.07. The number of nitrogens with zero attached hydrogens (tertiary/aromatic N) is 3. The summed E-state index contributed by atoms with van der Waals surface area (Å²) in [5.41, 5.74) is 2.28. The second-order valence-electron chi connectivity index (χ2n) is 6.95. The quantitative estimate of drug-likeness (QED) is 0.392. The first-order valence-corrected chi connectivity index (χ1v) is 10.9. The molecule has 0 aliphatic carbocycles. The van der Waals surface area contributed by atoms with Gasteiger partial charge in [0.1, 0.15) is 27.7 Å². The van der Waals surface area contributed by atoms with E-state index in [-0.39, 0.29) is 11.1 Å². The van der Waals surface area contributed by atoms with Gasteiger partial charge in [-0.05, 0) is 12.1 Å². The lowest BCUT2D eigenvalue weighted by atomic mass is 10.0. The highest BCUT2D eigenvalue weighted by molar-refractivity contribution is 7.90. The largest absolute Gasteiger partial charge is 0.480 e. The van der Waals surface area contributed by atoms with Crippen LogP contribution in [0.4, 0.5) is 17.6 Å². The number of nitrogens with one attached hydrogen (secondary N) is 1. The van der Waals surface area contributed by atoms with Crippen LogP contribution in [0.5, 0.6) is 5.88 Å². The molecule has 0 unspecified atom stereocenters. The number of halogens is 4. The normalized spacial score (nSPS) is 11.7. The SMILES string of the molecule is COc1ncc(F)cc1S(=O)(=O)Cc1ncc(F)c(-c2ccc3c(C(N)=O)[nH]nc3c2F)c1F. The summed E-state index contributed by atoms with van der Waals surface area (Å²) in [6.45, 7) is 0. The average molecular weight is 495 g/mol. The molecule has 14 heteroatoms. The van der Waals surface area contributed by atoms with Crippen molar-refractivity contribution < 1.29 is 35.5 Å². The molecular formula is C20H13F4N5O4S. The van der Waals surface area contributed by atoms with Crippen molar-refractivity contribution in [2.24, 2.45) is 5.73 Å². The zero-order valence-electron chi connectivity index (χ0n) is 17.1. The summed E-state index contributed by atoms with van der Waals surface area (Å²) in [4.78, 5) is 17.7. The van der Waals surface area contributed by atoms with Gasteiger partial charge in [-0.25, -0.2) is 31.0 Å². The average Bonchev–Trinajstić information content (AvgIpc) is 3.22. The molecule has 0 spiro atoms. The van der Waals surface area contributed by atoms with Gasteiger partial charge in [-0.15, -0.1) is 0 Å². The number of rotatable bonds is 6. The number of aromatic amines is 1. The Kier molecular flexibility index (Phi) is 5.69. The Balaban J connectivity index is 1.83. The summed E-state index contributed by atoms with van der Waals surface area (Å²) in [5, 5.41) is 5.85. The molecule has 0 saturated carbocycles. The molecule has 176 valence electrons. The topological polar surface area (TPSA) is 141 Å². The van der Waals surface area contributed by atoms with E-state index < -0.39 is 77.9 Å². The number of primary amides is 1. The van der Waals surface area contributed by atoms with E-state index in [1.54, 1.807) is 0 Å². The van der Waals surface area contributed by atoms with Gasteiger partial charge < -0.3 is 10.5 Å². The first-order valence-electron chi connectivity index (χ1n) is 9.27. The van der Waals surface area contributed by atoms with Crippen LogP contribution in [0.2, 0.25) is 0 Å². The molecular weight excluding hydrogens is 482 g/mol. The highest BCUT2D eigenvalue weighted by atomic mass is 32.2. The maximum atomic E-state index is 15.3. The zero-order valence-corrected chi connectivity index (χ0v) is 17.9. The third kappa shape index (κ3) is 3.81. The number of carbonyl (C=O) groups is 1. The molecule has 3 aromatic heterocycles. The number of hydrogen-bond donors (Lipinski definition) is 2. The number of H-pyrrole nitrogens is 1. The molecule has 0 bridgehead atoms. The van der Waals surface area contributed by atoms with Crippen molar-refractivity contribution in [1.29, 1.82) is 0 Å². The number of nitrogens with two attached hydrogens (primary N) is 1. The molecule has 3 N–H and O–H groups in total. The number of hydrogen-bond acceptors (Lipinski definition) is 7. The van der Waals surface area contributed by atoms with Crippen LogP contribution in [0.15, 0.2) is 35.5 Å². The molecule has 0 aliphatic heterocycles. The van der Waals surface area contributed by atoms with Gasteiger partial charge >= 0.3 is 0 Å². The predicted octanol–water partition coefficient (Wildman–Crippen LogP) is 2.66. The monoisotopic (exact) mass is 495 g/mol. The molecule has 1 amide bonds. The van der Waals surface area contributed by atoms with Crippen LogP contribution in [0.1, 0.15) is 16.2 Å². The second-order valence-corrected chi connectivity index (χ2v) is 8.91. The van der Waals surface area contributed by atoms with E-state index in [2.05, 4.69) is 20.2 Å². The van der Waals surface area contributed by atoms with Gasteiger partial charge in [-0.3, -0.25) is 14.9 Å². The third-order valence-electron chi connectivity index (χ3n) is 4.87. The standard InChI is InChI=1S/C20H13F4N5O4S/c1-33-20-13(4-8(21)5-27-20)34(31,32)7-12-16(24)14(11(22)6-26-12)9-2-3-10-17(15(9)23)28-29-18(10)19(25)30/h2-6H,7H2,1H3,(H2,25,30)(H,28,29). The van der Waals surface area contributed by atoms with Crippen LogP contribution in [0.3, 0.4) is 0 Å². The second kappa shape index (κ2) is 8.37. The van der Waals surface area contributed by atoms with Crippen molar-refractivity contribution >= 4 is 26.6 Å². The minimum atomic E-state index is -4.48. The summed E-state index contributed by atoms with van der Waals surface area (Å²) >= 11 is 0. The molecule has 0 fully saturated rings. The van der Waals surface area contributed by atoms with Crippen LogP contribution in [0, 0.1) is 23.3 Å². The summed E-state index contributed by atoms with van der Waals surface area (Å²) < 4.78 is 89.0. The minimum Gasteiger partial charge on any atom is -0.480 e. The number of carbonyl (C=O) groups excluding carboxylic acids is 1. The first-order chi connectivity index (χ1) is 16.0. The highest BCUT2D eigenvalue weighted by Gasteiger charge is 2.28. The Labute approximate surface area is 188 Å². The fourth-order valence-corrected chi connectivity index (χ4v) is 4.73. The number of ether oxygens (including phenoxy) is 1. The van der Waals surface area contributed by atoms with E-state index in [1.165, 1.54) is 6.07 Å². The number of fused-ring (bicyclic) bond motifs is 1. The van der Waals surface area contributed by atoms with Crippen LogP contribution < -0.4 is 10.5 Å². The molecule has 1 aromatic carbocycles. The van der Waals surface area contributed by atoms with Crippen LogP contribution in [-0.4, -0.2) is 41.6 Å². The lowest BCUT2D eigenvalue weighted by Gasteiger charge is -2.12. The lowest BCUT2D eigenvalue weighted by molar-refractivity contribution is 0.0997. The Morgan fingerprint density at radius 2 is 1.85 bits per heavy atom. The highest BCUT2D eigenvalue weighted by Crippen LogP contribution is 2.34. The summed E-state index contributed by atoms with van der Waals surface area (Å²) in [5.74, 6) is -7.42. The van der Waals surface area contributed by atoms with Crippen molar-refractivity contribution in [3.63, 3.8) is 0 Å². The number of methoxy groups -OCH3 is 1. The van der Waals surface area contributed by atoms with Gasteiger partial charge in [0.05, 0.1) is 30.8 Å². The first kappa shape index (κ1) is 23.1. The number of aromatic nitrogens is 4. The maximum Gasteiger partial charge on any atom is 0.267 e. The number of amides is 1. The van der Waals surface area contributed by atoms with Crippen molar-refractivity contribution in [2.45, 2.75) is 10.6 Å². The van der Waals surface area contributed by atoms with E-state index in [4.69, 9.17) is 10.5 Å². The number of benzene rings is 1. The number of sulfone groups is 1. The van der Waals surface area contributed by atoms with E-state index in [9.17, 15) is 22.0 Å². The molecule has 0 radical (unpaired) electrons. The summed E-state index contributed by atoms with van der Waals surface area (Å²) in [7, 11) is -3.38. The van der Waals surface area contributed by atoms with E-state index in [1.807, 2.05) is 0 Å². The smallest absolute Gasteiger partial charge is 0.267 e. The maximum absolute atomic E-state index is 15.3. The molecule has 34 heavy (non-hydrogen) atoms. The van der Waals surface area contributed by atoms with Gasteiger partial charge in [0, 0.05) is 10.9 Å². The van der Waals surface area contributed by atoms with Gasteiger partial charge in [0.25, 0.3) is 5.91 Å². The van der Waals surface area contributed by atoms with Crippen molar-refractivity contribution in [3.05, 3.63) is 65.2 Å². The lowest BCUT2D eigenvalue weighted by Crippen LogP contribution is -2.12. The summed E-state index contributed by atoms with van der Waals surface area (Å²) in [6.07, 6.45) is 1.25. The molecule has 9 nitrogen and oxygen atoms in total. The van der Waals surface area contributed by atoms with Gasteiger partial charge in [-0.1, -0.05) is 6.07 Å². The van der Waals surface area contributed by atoms with Gasteiger partial charge in [-0.2, -0.15) is 5.10 Å². The van der Waals surface area contributed by atoms with E-state index in [0.717, 1.165) is 19.4 Å². The zero-order chi connectivity index (χ0) is 24.8. The Morgan fingerprint density at radius 3 is 2.53 bits per heavy atom. The van der Waals surface area contributed by atoms with Crippen LogP contribution >= 0.6 is 0 Å². The van der Waals surface area contributed by atoms with Crippen LogP contribution in [0.25, 0.3) is 22.0 Å². The van der Waals surface area contributed by atoms with Gasteiger partial charge in [0.15, 0.2) is 27.3 Å². The summed E-state index contributed by atoms with van der Waals surface area (Å²) in [6, 6.07) is 2.79. The Morgan fingerprint density at radius 1 is 1.12 bits per heavy atom. The van der Waals surface area contributed by atoms with Crippen molar-refractivity contribution in [1.82, 2.24) is 20.2 Å². The fourth-order valence-electron chi connectivity index (χ4n) is 3.32. The molecule has 4 aromatic rings. The Bertz CT molecular complexity index is 1570. The van der Waals surface area contributed by atoms with Crippen molar-refractivity contribution in [3.8, 4) is 17.0 Å². The van der Waals surface area contributed by atoms with E-state index in [0.29, 0.717) is 12.3 Å². The predicted molar refractivity (Wildman–Crippen MR) is 109 cm³/mol. The number of pyridine rings is 2. The fraction of sp³-hybridized carbons (Fsp3) is 0.100. The van der Waals surface area contributed by atoms with Crippen molar-refractivity contribution in [2.75, 3.05) is 7.11 Å². The molecule has 0 saturated heterocycles. The molecule has 4 rings (SSSR count).